The number of likely N-dealkylation sites (N-methyl/N-ethyl adjacent to an activating group) is 1. The predicted octanol–water partition coefficient (Wildman–Crippen LogP) is 4.78. The molecular weight excluding hydrogens is 448 g/mol. The van der Waals surface area contributed by atoms with E-state index in [1.54, 1.807) is 0 Å². The van der Waals surface area contributed by atoms with Gasteiger partial charge in [-0.25, -0.2) is 4.68 Å². The normalized spacial score (nSPS) is 14.7. The van der Waals surface area contributed by atoms with Gasteiger partial charge in [-0.2, -0.15) is 5.10 Å². The number of benzene rings is 2. The molecular formula is C29H40N6O. The lowest BCUT2D eigenvalue weighted by Gasteiger charge is -2.34. The van der Waals surface area contributed by atoms with Crippen LogP contribution in [0.25, 0.3) is 0 Å². The summed E-state index contributed by atoms with van der Waals surface area (Å²) in [5.74, 6) is 0.612. The number of piperazine rings is 1. The Morgan fingerprint density at radius 3 is 2.31 bits per heavy atom. The van der Waals surface area contributed by atoms with Crippen LogP contribution in [0.5, 0.6) is 0 Å². The van der Waals surface area contributed by atoms with Crippen molar-refractivity contribution in [2.24, 2.45) is 0 Å². The molecule has 0 radical (unpaired) electrons. The Morgan fingerprint density at radius 2 is 1.67 bits per heavy atom. The second-order valence-electron chi connectivity index (χ2n) is 10.8. The molecule has 2 N–H and O–H groups in total. The third kappa shape index (κ3) is 6.08. The molecule has 1 aliphatic rings. The van der Waals surface area contributed by atoms with Crippen LogP contribution in [0.1, 0.15) is 48.0 Å². The molecule has 0 saturated carbocycles. The monoisotopic (exact) mass is 488 g/mol. The zero-order valence-corrected chi connectivity index (χ0v) is 22.6. The molecule has 36 heavy (non-hydrogen) atoms. The van der Waals surface area contributed by atoms with Crippen LogP contribution >= 0.6 is 0 Å². The number of nitrogens with zero attached hydrogens (tertiary/aromatic N) is 4. The third-order valence-electron chi connectivity index (χ3n) is 6.92. The number of hydrogen-bond donors (Lipinski definition) is 2. The molecule has 2 heterocycles. The van der Waals surface area contributed by atoms with Crippen molar-refractivity contribution in [3.8, 4) is 0 Å². The smallest absolute Gasteiger partial charge is 0.256 e. The summed E-state index contributed by atoms with van der Waals surface area (Å²) < 4.78 is 1.93. The predicted molar refractivity (Wildman–Crippen MR) is 149 cm³/mol. The third-order valence-corrected chi connectivity index (χ3v) is 6.92. The minimum atomic E-state index is -0.256. The Kier molecular flexibility index (Phi) is 7.69. The summed E-state index contributed by atoms with van der Waals surface area (Å²) in [4.78, 5) is 17.9. The fourth-order valence-corrected chi connectivity index (χ4v) is 4.59. The van der Waals surface area contributed by atoms with E-state index in [0.717, 1.165) is 56.2 Å². The number of aromatic nitrogens is 2. The van der Waals surface area contributed by atoms with Crippen molar-refractivity contribution in [1.82, 2.24) is 14.7 Å². The molecule has 2 aromatic carbocycles. The molecule has 4 rings (SSSR count). The van der Waals surface area contributed by atoms with Crippen molar-refractivity contribution in [2.75, 3.05) is 55.8 Å². The van der Waals surface area contributed by atoms with Gasteiger partial charge in [-0.3, -0.25) is 4.79 Å². The molecule has 0 aliphatic carbocycles. The number of amides is 1. The molecule has 1 aromatic heterocycles. The second-order valence-corrected chi connectivity index (χ2v) is 10.8. The highest BCUT2D eigenvalue weighted by atomic mass is 16.1. The minimum Gasteiger partial charge on any atom is -0.388 e. The lowest BCUT2D eigenvalue weighted by Crippen LogP contribution is -2.44. The number of nitrogens with one attached hydrogen (secondary N) is 2. The van der Waals surface area contributed by atoms with Gasteiger partial charge >= 0.3 is 0 Å². The van der Waals surface area contributed by atoms with Gasteiger partial charge < -0.3 is 20.4 Å². The molecule has 1 saturated heterocycles. The molecule has 0 bridgehead atoms. The van der Waals surface area contributed by atoms with Gasteiger partial charge in [0.15, 0.2) is 0 Å². The molecule has 1 amide bonds. The molecule has 7 heteroatoms. The van der Waals surface area contributed by atoms with E-state index in [0.29, 0.717) is 5.56 Å². The van der Waals surface area contributed by atoms with Crippen LogP contribution < -0.4 is 15.5 Å². The van der Waals surface area contributed by atoms with Crippen molar-refractivity contribution in [1.29, 1.82) is 0 Å². The van der Waals surface area contributed by atoms with Crippen LogP contribution in [0.3, 0.4) is 0 Å². The molecule has 0 spiro atoms. The van der Waals surface area contributed by atoms with E-state index in [2.05, 4.69) is 73.4 Å². The van der Waals surface area contributed by atoms with E-state index in [9.17, 15) is 4.79 Å². The first-order chi connectivity index (χ1) is 17.1. The summed E-state index contributed by atoms with van der Waals surface area (Å²) >= 11 is 0. The number of hydrogen-bond acceptors (Lipinski definition) is 5. The van der Waals surface area contributed by atoms with Crippen LogP contribution in [0.15, 0.2) is 48.5 Å². The van der Waals surface area contributed by atoms with Crippen molar-refractivity contribution >= 4 is 23.1 Å². The van der Waals surface area contributed by atoms with Crippen molar-refractivity contribution in [3.05, 3.63) is 70.9 Å². The largest absolute Gasteiger partial charge is 0.388 e. The summed E-state index contributed by atoms with van der Waals surface area (Å²) in [6.07, 6.45) is 1.70. The zero-order valence-electron chi connectivity index (χ0n) is 22.6. The van der Waals surface area contributed by atoms with Gasteiger partial charge in [0, 0.05) is 56.2 Å². The fraction of sp³-hybridized carbons (Fsp3) is 0.448. The summed E-state index contributed by atoms with van der Waals surface area (Å²) in [5.41, 5.74) is 6.22. The molecule has 7 nitrogen and oxygen atoms in total. The van der Waals surface area contributed by atoms with Crippen LogP contribution in [-0.2, 0) is 18.4 Å². The summed E-state index contributed by atoms with van der Waals surface area (Å²) in [6, 6.07) is 16.4. The highest BCUT2D eigenvalue weighted by Gasteiger charge is 2.22. The summed E-state index contributed by atoms with van der Waals surface area (Å²) in [7, 11) is 4.09. The Hall–Kier alpha value is -3.32. The van der Waals surface area contributed by atoms with Crippen LogP contribution in [0.2, 0.25) is 0 Å². The number of anilines is 3. The standard InChI is InChI=1S/C29H40N6O/c1-21-7-11-24(30-5)19-23(21)8-12-25-20-27(35(32-25)29(2,3)4)31-28(36)22-9-13-26(14-10-22)34-17-15-33(6)16-18-34/h7,9-11,13-14,19-20,30H,8,12,15-18H2,1-6H3,(H,31,36). The first kappa shape index (κ1) is 25.8. The van der Waals surface area contributed by atoms with E-state index >= 15 is 0 Å². The van der Waals surface area contributed by atoms with Gasteiger partial charge in [0.25, 0.3) is 5.91 Å². The first-order valence-corrected chi connectivity index (χ1v) is 12.9. The molecule has 0 atom stereocenters. The lowest BCUT2D eigenvalue weighted by molar-refractivity contribution is 0.102. The second kappa shape index (κ2) is 10.7. The Morgan fingerprint density at radius 1 is 0.972 bits per heavy atom. The number of carbonyl (C=O) groups is 1. The molecule has 1 aliphatic heterocycles. The van der Waals surface area contributed by atoms with Gasteiger partial charge in [0.2, 0.25) is 0 Å². The maximum atomic E-state index is 13.1. The van der Waals surface area contributed by atoms with E-state index < -0.39 is 0 Å². The topological polar surface area (TPSA) is 65.4 Å². The number of carbonyl (C=O) groups excluding carboxylic acids is 1. The van der Waals surface area contributed by atoms with Crippen LogP contribution in [-0.4, -0.2) is 60.9 Å². The summed E-state index contributed by atoms with van der Waals surface area (Å²) in [6.45, 7) is 12.6. The average molecular weight is 489 g/mol. The van der Waals surface area contributed by atoms with Crippen LogP contribution in [0, 0.1) is 6.92 Å². The lowest BCUT2D eigenvalue weighted by atomic mass is 10.0. The Bertz CT molecular complexity index is 1180. The Labute approximate surface area is 215 Å². The molecule has 1 fully saturated rings. The quantitative estimate of drug-likeness (QED) is 0.501. The van der Waals surface area contributed by atoms with Gasteiger partial charge in [-0.1, -0.05) is 6.07 Å². The van der Waals surface area contributed by atoms with Crippen LogP contribution in [0.4, 0.5) is 17.2 Å². The van der Waals surface area contributed by atoms with Crippen molar-refractivity contribution in [3.63, 3.8) is 0 Å². The average Bonchev–Trinajstić information content (AvgIpc) is 3.27. The maximum Gasteiger partial charge on any atom is 0.256 e. The molecule has 3 aromatic rings. The highest BCUT2D eigenvalue weighted by molar-refractivity contribution is 6.04. The summed E-state index contributed by atoms with van der Waals surface area (Å²) in [5, 5.41) is 11.2. The number of aryl methyl sites for hydroxylation is 3. The SMILES string of the molecule is CNc1ccc(C)c(CCc2cc(NC(=O)c3ccc(N4CCN(C)CC4)cc3)n(C(C)(C)C)n2)c1. The van der Waals surface area contributed by atoms with E-state index in [4.69, 9.17) is 5.10 Å². The van der Waals surface area contributed by atoms with Crippen molar-refractivity contribution in [2.45, 2.75) is 46.1 Å². The molecule has 0 unspecified atom stereocenters. The van der Waals surface area contributed by atoms with E-state index in [1.807, 2.05) is 42.1 Å². The highest BCUT2D eigenvalue weighted by Crippen LogP contribution is 2.24. The zero-order chi connectivity index (χ0) is 25.9. The van der Waals surface area contributed by atoms with Gasteiger partial charge in [-0.05, 0) is 95.1 Å². The van der Waals surface area contributed by atoms with Gasteiger partial charge in [0.05, 0.1) is 11.2 Å². The van der Waals surface area contributed by atoms with E-state index in [-0.39, 0.29) is 11.4 Å². The fourth-order valence-electron chi connectivity index (χ4n) is 4.59. The van der Waals surface area contributed by atoms with E-state index in [1.165, 1.54) is 16.8 Å². The van der Waals surface area contributed by atoms with Gasteiger partial charge in [0.1, 0.15) is 5.82 Å². The number of rotatable bonds is 7. The first-order valence-electron chi connectivity index (χ1n) is 12.9. The Balaban J connectivity index is 1.47. The van der Waals surface area contributed by atoms with Gasteiger partial charge in [-0.15, -0.1) is 0 Å². The maximum absolute atomic E-state index is 13.1. The molecule has 192 valence electrons. The van der Waals surface area contributed by atoms with Crippen molar-refractivity contribution < 1.29 is 4.79 Å². The minimum absolute atomic E-state index is 0.116.